The molecule has 1 aromatic carbocycles. The summed E-state index contributed by atoms with van der Waals surface area (Å²) in [5.74, 6) is 1.36. The van der Waals surface area contributed by atoms with E-state index in [4.69, 9.17) is 21.1 Å². The molecule has 17 heavy (non-hydrogen) atoms. The number of aliphatic hydroxyl groups is 1. The van der Waals surface area contributed by atoms with Gasteiger partial charge in [-0.05, 0) is 37.5 Å². The fourth-order valence-corrected chi connectivity index (χ4v) is 2.27. The molecule has 0 fully saturated rings. The molecule has 0 amide bonds. The Labute approximate surface area is 106 Å². The minimum absolute atomic E-state index is 0.394. The summed E-state index contributed by atoms with van der Waals surface area (Å²) < 4.78 is 11.3. The summed E-state index contributed by atoms with van der Waals surface area (Å²) in [5, 5.41) is 10.0. The molecule has 0 radical (unpaired) electrons. The van der Waals surface area contributed by atoms with Gasteiger partial charge < -0.3 is 14.6 Å². The van der Waals surface area contributed by atoms with Gasteiger partial charge in [0.15, 0.2) is 11.5 Å². The number of hydrogen-bond donors (Lipinski definition) is 1. The molecular formula is C13H17ClO3. The minimum Gasteiger partial charge on any atom is -0.489 e. The van der Waals surface area contributed by atoms with Gasteiger partial charge in [0.05, 0.1) is 24.3 Å². The fourth-order valence-electron chi connectivity index (χ4n) is 2.00. The van der Waals surface area contributed by atoms with Crippen molar-refractivity contribution in [3.63, 3.8) is 0 Å². The maximum absolute atomic E-state index is 9.47. The van der Waals surface area contributed by atoms with Crippen LogP contribution in [0.15, 0.2) is 6.07 Å². The van der Waals surface area contributed by atoms with Gasteiger partial charge >= 0.3 is 0 Å². The Balaban J connectivity index is 2.45. The van der Waals surface area contributed by atoms with Crippen LogP contribution in [-0.4, -0.2) is 24.4 Å². The number of fused-ring (bicyclic) bond motifs is 1. The first-order valence-electron chi connectivity index (χ1n) is 5.85. The molecule has 0 aromatic heterocycles. The number of halogens is 1. The second-order valence-electron chi connectivity index (χ2n) is 4.40. The molecule has 1 atom stereocenters. The van der Waals surface area contributed by atoms with Gasteiger partial charge in [0.1, 0.15) is 0 Å². The first-order chi connectivity index (χ1) is 8.09. The Morgan fingerprint density at radius 1 is 1.35 bits per heavy atom. The van der Waals surface area contributed by atoms with Crippen molar-refractivity contribution in [2.24, 2.45) is 0 Å². The van der Waals surface area contributed by atoms with E-state index in [9.17, 15) is 5.11 Å². The van der Waals surface area contributed by atoms with E-state index in [1.807, 2.05) is 13.0 Å². The van der Waals surface area contributed by atoms with Crippen LogP contribution >= 0.6 is 11.6 Å². The summed E-state index contributed by atoms with van der Waals surface area (Å²) in [5.41, 5.74) is 2.02. The zero-order valence-electron chi connectivity index (χ0n) is 10.1. The Morgan fingerprint density at radius 3 is 2.65 bits per heavy atom. The molecule has 0 saturated heterocycles. The SMILES string of the molecule is Cc1c(CC(C)O)cc(Cl)c2c1OCCCO2. The summed E-state index contributed by atoms with van der Waals surface area (Å²) in [4.78, 5) is 0. The van der Waals surface area contributed by atoms with Gasteiger partial charge in [-0.2, -0.15) is 0 Å². The Hall–Kier alpha value is -0.930. The van der Waals surface area contributed by atoms with Crippen LogP contribution in [0.3, 0.4) is 0 Å². The lowest BCUT2D eigenvalue weighted by Gasteiger charge is -2.16. The molecule has 1 heterocycles. The van der Waals surface area contributed by atoms with Crippen molar-refractivity contribution in [2.75, 3.05) is 13.2 Å². The average molecular weight is 257 g/mol. The number of benzene rings is 1. The van der Waals surface area contributed by atoms with E-state index in [-0.39, 0.29) is 0 Å². The summed E-state index contributed by atoms with van der Waals surface area (Å²) in [7, 11) is 0. The van der Waals surface area contributed by atoms with Crippen molar-refractivity contribution in [3.05, 3.63) is 22.2 Å². The highest BCUT2D eigenvalue weighted by Gasteiger charge is 2.20. The van der Waals surface area contributed by atoms with Crippen molar-refractivity contribution in [2.45, 2.75) is 32.8 Å². The predicted molar refractivity (Wildman–Crippen MR) is 67.2 cm³/mol. The number of ether oxygens (including phenoxy) is 2. The predicted octanol–water partition coefficient (Wildman–Crippen LogP) is 2.73. The van der Waals surface area contributed by atoms with Crippen LogP contribution in [0.1, 0.15) is 24.5 Å². The maximum atomic E-state index is 9.47. The molecule has 3 nitrogen and oxygen atoms in total. The van der Waals surface area contributed by atoms with Crippen LogP contribution in [0, 0.1) is 6.92 Å². The molecule has 1 aromatic rings. The molecule has 2 rings (SSSR count). The third-order valence-corrected chi connectivity index (χ3v) is 3.12. The molecule has 0 bridgehead atoms. The Morgan fingerprint density at radius 2 is 2.00 bits per heavy atom. The lowest BCUT2D eigenvalue weighted by molar-refractivity contribution is 0.195. The lowest BCUT2D eigenvalue weighted by atomic mass is 10.0. The number of aliphatic hydroxyl groups excluding tert-OH is 1. The van der Waals surface area contributed by atoms with Crippen LogP contribution in [-0.2, 0) is 6.42 Å². The number of rotatable bonds is 2. The zero-order valence-corrected chi connectivity index (χ0v) is 10.9. The highest BCUT2D eigenvalue weighted by atomic mass is 35.5. The fraction of sp³-hybridized carbons (Fsp3) is 0.538. The third-order valence-electron chi connectivity index (χ3n) is 2.84. The van der Waals surface area contributed by atoms with Gasteiger partial charge in [-0.25, -0.2) is 0 Å². The second-order valence-corrected chi connectivity index (χ2v) is 4.81. The molecule has 4 heteroatoms. The van der Waals surface area contributed by atoms with E-state index < -0.39 is 6.10 Å². The van der Waals surface area contributed by atoms with Gasteiger partial charge in [0.2, 0.25) is 0 Å². The van der Waals surface area contributed by atoms with E-state index in [2.05, 4.69) is 0 Å². The average Bonchev–Trinajstić information content (AvgIpc) is 2.50. The van der Waals surface area contributed by atoms with Crippen LogP contribution in [0.5, 0.6) is 11.5 Å². The number of hydrogen-bond acceptors (Lipinski definition) is 3. The van der Waals surface area contributed by atoms with E-state index in [0.717, 1.165) is 23.3 Å². The second kappa shape index (κ2) is 5.15. The van der Waals surface area contributed by atoms with Crippen LogP contribution in [0.4, 0.5) is 0 Å². The zero-order chi connectivity index (χ0) is 12.4. The van der Waals surface area contributed by atoms with Crippen molar-refractivity contribution in [3.8, 4) is 11.5 Å². The van der Waals surface area contributed by atoms with E-state index in [1.165, 1.54) is 0 Å². The van der Waals surface area contributed by atoms with Gasteiger partial charge in [-0.1, -0.05) is 11.6 Å². The molecule has 1 aliphatic heterocycles. The standard InChI is InChI=1S/C13H17ClO3/c1-8(15)6-10-7-11(14)13-12(9(10)2)16-4-3-5-17-13/h7-8,15H,3-6H2,1-2H3. The normalized spacial score (nSPS) is 16.5. The van der Waals surface area contributed by atoms with Gasteiger partial charge in [0, 0.05) is 6.42 Å². The van der Waals surface area contributed by atoms with E-state index >= 15 is 0 Å². The van der Waals surface area contributed by atoms with Gasteiger partial charge in [0.25, 0.3) is 0 Å². The summed E-state index contributed by atoms with van der Waals surface area (Å²) in [6.07, 6.45) is 1.03. The van der Waals surface area contributed by atoms with Crippen molar-refractivity contribution >= 4 is 11.6 Å². The highest BCUT2D eigenvalue weighted by molar-refractivity contribution is 6.32. The molecule has 0 saturated carbocycles. The summed E-state index contributed by atoms with van der Waals surface area (Å²) in [6.45, 7) is 5.00. The van der Waals surface area contributed by atoms with Crippen LogP contribution < -0.4 is 9.47 Å². The molecule has 0 aliphatic carbocycles. The quantitative estimate of drug-likeness (QED) is 0.884. The van der Waals surface area contributed by atoms with Gasteiger partial charge in [-0.3, -0.25) is 0 Å². The smallest absolute Gasteiger partial charge is 0.180 e. The maximum Gasteiger partial charge on any atom is 0.180 e. The lowest BCUT2D eigenvalue weighted by Crippen LogP contribution is -2.07. The van der Waals surface area contributed by atoms with Crippen LogP contribution in [0.2, 0.25) is 5.02 Å². The highest BCUT2D eigenvalue weighted by Crippen LogP contribution is 2.41. The monoisotopic (exact) mass is 256 g/mol. The largest absolute Gasteiger partial charge is 0.489 e. The molecule has 1 N–H and O–H groups in total. The minimum atomic E-state index is -0.394. The molecule has 1 aliphatic rings. The van der Waals surface area contributed by atoms with Crippen molar-refractivity contribution in [1.82, 2.24) is 0 Å². The molecular weight excluding hydrogens is 240 g/mol. The molecule has 0 spiro atoms. The topological polar surface area (TPSA) is 38.7 Å². The first-order valence-corrected chi connectivity index (χ1v) is 6.23. The van der Waals surface area contributed by atoms with E-state index in [0.29, 0.717) is 30.4 Å². The van der Waals surface area contributed by atoms with E-state index in [1.54, 1.807) is 6.92 Å². The molecule has 94 valence electrons. The third kappa shape index (κ3) is 2.67. The molecule has 1 unspecified atom stereocenters. The Bertz CT molecular complexity index is 416. The van der Waals surface area contributed by atoms with Crippen LogP contribution in [0.25, 0.3) is 0 Å². The first kappa shape index (κ1) is 12.5. The van der Waals surface area contributed by atoms with Gasteiger partial charge in [-0.15, -0.1) is 0 Å². The Kier molecular flexibility index (Phi) is 3.79. The van der Waals surface area contributed by atoms with Crippen molar-refractivity contribution < 1.29 is 14.6 Å². The summed E-state index contributed by atoms with van der Waals surface area (Å²) in [6, 6.07) is 1.86. The van der Waals surface area contributed by atoms with Crippen molar-refractivity contribution in [1.29, 1.82) is 0 Å². The summed E-state index contributed by atoms with van der Waals surface area (Å²) >= 11 is 6.19.